The molecule has 0 aliphatic heterocycles. The average molecular weight is 297 g/mol. The average Bonchev–Trinajstić information content (AvgIpc) is 2.38. The largest absolute Gasteiger partial charge is 0.457 e. The monoisotopic (exact) mass is 297 g/mol. The molecule has 20 heavy (non-hydrogen) atoms. The van der Waals surface area contributed by atoms with Gasteiger partial charge in [-0.15, -0.1) is 0 Å². The summed E-state index contributed by atoms with van der Waals surface area (Å²) >= 11 is 4.79. The second kappa shape index (κ2) is 5.50. The Bertz CT molecular complexity index is 623. The van der Waals surface area contributed by atoms with Crippen LogP contribution >= 0.6 is 12.2 Å². The van der Waals surface area contributed by atoms with Crippen LogP contribution < -0.4 is 10.5 Å². The van der Waals surface area contributed by atoms with Crippen molar-refractivity contribution in [3.05, 3.63) is 59.7 Å². The van der Waals surface area contributed by atoms with E-state index in [1.54, 1.807) is 12.1 Å². The number of benzene rings is 2. The van der Waals surface area contributed by atoms with Crippen LogP contribution in [-0.4, -0.2) is 4.99 Å². The lowest BCUT2D eigenvalue weighted by Crippen LogP contribution is -2.09. The normalized spacial score (nSPS) is 11.2. The minimum absolute atomic E-state index is 0.215. The van der Waals surface area contributed by atoms with Crippen LogP contribution in [0.5, 0.6) is 11.5 Å². The molecular formula is C14H10F3NOS. The van der Waals surface area contributed by atoms with Crippen molar-refractivity contribution >= 4 is 17.2 Å². The number of alkyl halides is 3. The lowest BCUT2D eigenvalue weighted by Gasteiger charge is -2.13. The van der Waals surface area contributed by atoms with Crippen molar-refractivity contribution in [2.45, 2.75) is 6.18 Å². The van der Waals surface area contributed by atoms with E-state index in [1.165, 1.54) is 30.3 Å². The van der Waals surface area contributed by atoms with Crippen LogP contribution in [0.15, 0.2) is 48.5 Å². The molecule has 0 unspecified atom stereocenters. The van der Waals surface area contributed by atoms with Gasteiger partial charge in [-0.3, -0.25) is 0 Å². The molecule has 2 aromatic rings. The van der Waals surface area contributed by atoms with E-state index in [2.05, 4.69) is 0 Å². The third-order valence-corrected chi connectivity index (χ3v) is 2.79. The molecule has 0 saturated heterocycles. The van der Waals surface area contributed by atoms with E-state index < -0.39 is 11.7 Å². The fourth-order valence-corrected chi connectivity index (χ4v) is 1.74. The first kappa shape index (κ1) is 14.3. The summed E-state index contributed by atoms with van der Waals surface area (Å²) in [6.45, 7) is 0. The summed E-state index contributed by atoms with van der Waals surface area (Å²) in [5.74, 6) is 0.0322. The highest BCUT2D eigenvalue weighted by molar-refractivity contribution is 7.80. The zero-order chi connectivity index (χ0) is 14.8. The molecule has 2 nitrogen and oxygen atoms in total. The first-order valence-corrected chi connectivity index (χ1v) is 6.02. The Morgan fingerprint density at radius 3 is 2.15 bits per heavy atom. The molecule has 0 atom stereocenters. The Balaban J connectivity index is 2.28. The molecule has 0 aromatic heterocycles. The van der Waals surface area contributed by atoms with Gasteiger partial charge in [0.15, 0.2) is 0 Å². The van der Waals surface area contributed by atoms with Gasteiger partial charge in [0.05, 0.1) is 5.56 Å². The fourth-order valence-electron chi connectivity index (χ4n) is 1.60. The summed E-state index contributed by atoms with van der Waals surface area (Å²) in [6.07, 6.45) is -4.46. The van der Waals surface area contributed by atoms with Crippen molar-refractivity contribution in [1.82, 2.24) is 0 Å². The van der Waals surface area contributed by atoms with Gasteiger partial charge in [0.25, 0.3) is 0 Å². The van der Waals surface area contributed by atoms with E-state index in [0.29, 0.717) is 5.56 Å². The number of nitrogens with two attached hydrogens (primary N) is 1. The first-order valence-electron chi connectivity index (χ1n) is 5.62. The van der Waals surface area contributed by atoms with Crippen LogP contribution in [-0.2, 0) is 6.18 Å². The van der Waals surface area contributed by atoms with Crippen molar-refractivity contribution in [3.8, 4) is 11.5 Å². The van der Waals surface area contributed by atoms with Crippen LogP contribution in [0.2, 0.25) is 0 Å². The van der Waals surface area contributed by atoms with E-state index in [-0.39, 0.29) is 16.5 Å². The predicted molar refractivity (Wildman–Crippen MR) is 73.8 cm³/mol. The zero-order valence-electron chi connectivity index (χ0n) is 10.1. The van der Waals surface area contributed by atoms with Gasteiger partial charge >= 0.3 is 6.18 Å². The molecule has 0 aliphatic carbocycles. The standard InChI is InChI=1S/C14H10F3NOS/c15-14(16,17)11-3-1-2-4-12(11)19-10-7-5-9(6-8-10)13(18)20/h1-8H,(H2,18,20). The van der Waals surface area contributed by atoms with E-state index in [4.69, 9.17) is 22.7 Å². The van der Waals surface area contributed by atoms with Crippen molar-refractivity contribution in [1.29, 1.82) is 0 Å². The third-order valence-electron chi connectivity index (χ3n) is 2.56. The Hall–Kier alpha value is -2.08. The Morgan fingerprint density at radius 1 is 1.00 bits per heavy atom. The van der Waals surface area contributed by atoms with Gasteiger partial charge in [-0.2, -0.15) is 13.2 Å². The Morgan fingerprint density at radius 2 is 1.60 bits per heavy atom. The molecule has 104 valence electrons. The molecule has 0 fully saturated rings. The number of hydrogen-bond donors (Lipinski definition) is 1. The number of para-hydroxylation sites is 1. The topological polar surface area (TPSA) is 35.2 Å². The van der Waals surface area contributed by atoms with Gasteiger partial charge in [0, 0.05) is 5.56 Å². The summed E-state index contributed by atoms with van der Waals surface area (Å²) < 4.78 is 43.7. The summed E-state index contributed by atoms with van der Waals surface area (Å²) in [5, 5.41) is 0. The summed E-state index contributed by atoms with van der Waals surface area (Å²) in [7, 11) is 0. The number of hydrogen-bond acceptors (Lipinski definition) is 2. The number of halogens is 3. The second-order valence-corrected chi connectivity index (χ2v) is 4.42. The van der Waals surface area contributed by atoms with Crippen LogP contribution in [0, 0.1) is 0 Å². The Labute approximate surface area is 119 Å². The minimum atomic E-state index is -4.46. The van der Waals surface area contributed by atoms with Gasteiger partial charge in [0.2, 0.25) is 0 Å². The Kier molecular flexibility index (Phi) is 3.94. The van der Waals surface area contributed by atoms with Gasteiger partial charge in [-0.05, 0) is 36.4 Å². The fraction of sp³-hybridized carbons (Fsp3) is 0.0714. The summed E-state index contributed by atoms with van der Waals surface area (Å²) in [5.41, 5.74) is 5.24. The molecule has 2 rings (SSSR count). The predicted octanol–water partition coefficient (Wildman–Crippen LogP) is 4.13. The zero-order valence-corrected chi connectivity index (χ0v) is 11.0. The SMILES string of the molecule is NC(=S)c1ccc(Oc2ccccc2C(F)(F)F)cc1. The highest BCUT2D eigenvalue weighted by atomic mass is 32.1. The van der Waals surface area contributed by atoms with Crippen molar-refractivity contribution in [3.63, 3.8) is 0 Å². The van der Waals surface area contributed by atoms with Crippen molar-refractivity contribution in [2.24, 2.45) is 5.73 Å². The molecule has 0 heterocycles. The molecule has 2 aromatic carbocycles. The van der Waals surface area contributed by atoms with Crippen LogP contribution in [0.4, 0.5) is 13.2 Å². The maximum absolute atomic E-state index is 12.8. The molecule has 0 spiro atoms. The number of thiocarbonyl (C=S) groups is 1. The van der Waals surface area contributed by atoms with Crippen LogP contribution in [0.25, 0.3) is 0 Å². The van der Waals surface area contributed by atoms with E-state index in [0.717, 1.165) is 6.07 Å². The smallest absolute Gasteiger partial charge is 0.419 e. The van der Waals surface area contributed by atoms with E-state index in [1.807, 2.05) is 0 Å². The third kappa shape index (κ3) is 3.27. The number of rotatable bonds is 3. The molecular weight excluding hydrogens is 287 g/mol. The number of ether oxygens (including phenoxy) is 1. The molecule has 0 amide bonds. The van der Waals surface area contributed by atoms with Crippen LogP contribution in [0.1, 0.15) is 11.1 Å². The van der Waals surface area contributed by atoms with Gasteiger partial charge in [-0.25, -0.2) is 0 Å². The minimum Gasteiger partial charge on any atom is -0.457 e. The van der Waals surface area contributed by atoms with Crippen molar-refractivity contribution in [2.75, 3.05) is 0 Å². The summed E-state index contributed by atoms with van der Waals surface area (Å²) in [6, 6.07) is 11.2. The quantitative estimate of drug-likeness (QED) is 0.865. The molecule has 0 saturated carbocycles. The summed E-state index contributed by atoms with van der Waals surface area (Å²) in [4.78, 5) is 0.215. The maximum Gasteiger partial charge on any atom is 0.419 e. The molecule has 0 bridgehead atoms. The molecule has 0 aliphatic rings. The van der Waals surface area contributed by atoms with Crippen molar-refractivity contribution < 1.29 is 17.9 Å². The lowest BCUT2D eigenvalue weighted by molar-refractivity contribution is -0.138. The highest BCUT2D eigenvalue weighted by Crippen LogP contribution is 2.37. The van der Waals surface area contributed by atoms with E-state index in [9.17, 15) is 13.2 Å². The van der Waals surface area contributed by atoms with Gasteiger partial charge in [-0.1, -0.05) is 24.4 Å². The molecule has 0 radical (unpaired) electrons. The highest BCUT2D eigenvalue weighted by Gasteiger charge is 2.34. The first-order chi connectivity index (χ1) is 9.38. The molecule has 6 heteroatoms. The van der Waals surface area contributed by atoms with Gasteiger partial charge in [0.1, 0.15) is 16.5 Å². The van der Waals surface area contributed by atoms with Crippen LogP contribution in [0.3, 0.4) is 0 Å². The molecule has 2 N–H and O–H groups in total. The second-order valence-electron chi connectivity index (χ2n) is 3.98. The van der Waals surface area contributed by atoms with E-state index >= 15 is 0 Å². The maximum atomic E-state index is 12.8. The lowest BCUT2D eigenvalue weighted by atomic mass is 10.2. The van der Waals surface area contributed by atoms with Gasteiger partial charge < -0.3 is 10.5 Å².